The summed E-state index contributed by atoms with van der Waals surface area (Å²) < 4.78 is 18.2. The molecule has 174 valence electrons. The Balaban J connectivity index is 1.51. The summed E-state index contributed by atoms with van der Waals surface area (Å²) in [6.07, 6.45) is -4.35. The minimum Gasteiger partial charge on any atom is -0.393 e. The van der Waals surface area contributed by atoms with E-state index in [9.17, 15) is 30.6 Å². The van der Waals surface area contributed by atoms with E-state index in [0.717, 1.165) is 12.8 Å². The van der Waals surface area contributed by atoms with Crippen LogP contribution in [0.15, 0.2) is 0 Å². The summed E-state index contributed by atoms with van der Waals surface area (Å²) in [5, 5.41) is 61.0. The molecule has 0 spiro atoms. The maximum Gasteiger partial charge on any atom is 0.186 e. The lowest BCUT2D eigenvalue weighted by Gasteiger charge is -2.50. The Labute approximate surface area is 176 Å². The van der Waals surface area contributed by atoms with E-state index in [0.29, 0.717) is 32.1 Å². The van der Waals surface area contributed by atoms with Gasteiger partial charge in [-0.1, -0.05) is 0 Å². The van der Waals surface area contributed by atoms with Crippen LogP contribution in [0.25, 0.3) is 0 Å². The van der Waals surface area contributed by atoms with Crippen LogP contribution in [0.1, 0.15) is 51.9 Å². The van der Waals surface area contributed by atoms with Gasteiger partial charge in [0.05, 0.1) is 42.7 Å². The molecule has 0 aromatic carbocycles. The van der Waals surface area contributed by atoms with Crippen LogP contribution >= 0.6 is 0 Å². The highest BCUT2D eigenvalue weighted by Gasteiger charge is 2.50. The van der Waals surface area contributed by atoms with Gasteiger partial charge in [0, 0.05) is 5.92 Å². The summed E-state index contributed by atoms with van der Waals surface area (Å²) in [4.78, 5) is 0. The third kappa shape index (κ3) is 4.55. The van der Waals surface area contributed by atoms with Gasteiger partial charge in [-0.05, 0) is 57.8 Å². The van der Waals surface area contributed by atoms with Crippen molar-refractivity contribution in [2.75, 3.05) is 0 Å². The first-order chi connectivity index (χ1) is 14.2. The maximum absolute atomic E-state index is 10.5. The molecule has 2 aliphatic carbocycles. The Morgan fingerprint density at radius 1 is 0.733 bits per heavy atom. The summed E-state index contributed by atoms with van der Waals surface area (Å²) in [7, 11) is 0. The van der Waals surface area contributed by atoms with Gasteiger partial charge in [0.15, 0.2) is 6.29 Å². The molecule has 9 heteroatoms. The Bertz CT molecular complexity index is 569. The number of ether oxygens (including phenoxy) is 3. The van der Waals surface area contributed by atoms with Gasteiger partial charge >= 0.3 is 0 Å². The van der Waals surface area contributed by atoms with Crippen molar-refractivity contribution in [1.82, 2.24) is 0 Å². The highest BCUT2D eigenvalue weighted by Crippen LogP contribution is 2.43. The van der Waals surface area contributed by atoms with E-state index < -0.39 is 49.0 Å². The van der Waals surface area contributed by atoms with Crippen LogP contribution in [0.5, 0.6) is 0 Å². The predicted molar refractivity (Wildman–Crippen MR) is 103 cm³/mol. The van der Waals surface area contributed by atoms with Gasteiger partial charge in [-0.3, -0.25) is 0 Å². The third-order valence-corrected chi connectivity index (χ3v) is 7.52. The molecule has 0 amide bonds. The topological polar surface area (TPSA) is 149 Å². The fourth-order valence-corrected chi connectivity index (χ4v) is 5.67. The van der Waals surface area contributed by atoms with Crippen LogP contribution in [-0.4, -0.2) is 98.0 Å². The summed E-state index contributed by atoms with van der Waals surface area (Å²) in [6.45, 7) is 1.61. The highest BCUT2D eigenvalue weighted by molar-refractivity contribution is 4.98. The molecular formula is C21H36O9. The molecule has 11 atom stereocenters. The minimum atomic E-state index is -1.40. The first-order valence-electron chi connectivity index (χ1n) is 11.3. The Morgan fingerprint density at radius 2 is 1.43 bits per heavy atom. The van der Waals surface area contributed by atoms with E-state index >= 15 is 0 Å². The molecular weight excluding hydrogens is 396 g/mol. The monoisotopic (exact) mass is 432 g/mol. The molecule has 0 aromatic heterocycles. The standard InChI is InChI=1S/C21H36O9/c1-9-17(25)18(26)19(27)21(28-9)30-16-8-13-14(24)6-12(23)7-15(13)29-20(16)10-2-4-11(22)5-3-10/h9-27H,2-8H2,1H3. The lowest BCUT2D eigenvalue weighted by atomic mass is 9.73. The lowest BCUT2D eigenvalue weighted by Crippen LogP contribution is -2.61. The van der Waals surface area contributed by atoms with Crippen LogP contribution in [0.4, 0.5) is 0 Å². The van der Waals surface area contributed by atoms with Gasteiger partial charge in [0.25, 0.3) is 0 Å². The molecule has 11 unspecified atom stereocenters. The molecule has 30 heavy (non-hydrogen) atoms. The molecule has 2 aliphatic heterocycles. The second-order valence-electron chi connectivity index (χ2n) is 9.66. The molecule has 9 nitrogen and oxygen atoms in total. The number of fused-ring (bicyclic) bond motifs is 1. The Morgan fingerprint density at radius 3 is 2.13 bits per heavy atom. The zero-order valence-electron chi connectivity index (χ0n) is 17.4. The maximum atomic E-state index is 10.5. The first-order valence-corrected chi connectivity index (χ1v) is 11.3. The Kier molecular flexibility index (Phi) is 7.04. The van der Waals surface area contributed by atoms with Crippen LogP contribution in [0.3, 0.4) is 0 Å². The summed E-state index contributed by atoms with van der Waals surface area (Å²) in [6, 6.07) is 0. The molecule has 6 N–H and O–H groups in total. The Hall–Kier alpha value is -0.360. The largest absolute Gasteiger partial charge is 0.393 e. The van der Waals surface area contributed by atoms with Crippen molar-refractivity contribution >= 4 is 0 Å². The average molecular weight is 433 g/mol. The van der Waals surface area contributed by atoms with Gasteiger partial charge in [-0.25, -0.2) is 0 Å². The molecule has 4 aliphatic rings. The van der Waals surface area contributed by atoms with E-state index in [2.05, 4.69) is 0 Å². The number of rotatable bonds is 3. The summed E-state index contributed by atoms with van der Waals surface area (Å²) >= 11 is 0. The zero-order valence-corrected chi connectivity index (χ0v) is 17.4. The van der Waals surface area contributed by atoms with Crippen molar-refractivity contribution in [2.45, 2.75) is 119 Å². The van der Waals surface area contributed by atoms with Crippen molar-refractivity contribution < 1.29 is 44.8 Å². The third-order valence-electron chi connectivity index (χ3n) is 7.52. The van der Waals surface area contributed by atoms with Gasteiger partial charge in [-0.2, -0.15) is 0 Å². The van der Waals surface area contributed by atoms with E-state index in [1.807, 2.05) is 0 Å². The van der Waals surface area contributed by atoms with Crippen LogP contribution < -0.4 is 0 Å². The first kappa shape index (κ1) is 22.8. The van der Waals surface area contributed by atoms with Crippen LogP contribution in [-0.2, 0) is 14.2 Å². The normalized spacial score (nSPS) is 55.1. The van der Waals surface area contributed by atoms with E-state index in [4.69, 9.17) is 14.2 Å². The lowest BCUT2D eigenvalue weighted by molar-refractivity contribution is -0.327. The van der Waals surface area contributed by atoms with Crippen LogP contribution in [0, 0.1) is 11.8 Å². The minimum absolute atomic E-state index is 0.143. The van der Waals surface area contributed by atoms with Crippen molar-refractivity contribution in [2.24, 2.45) is 11.8 Å². The fourth-order valence-electron chi connectivity index (χ4n) is 5.67. The predicted octanol–water partition coefficient (Wildman–Crippen LogP) is -0.960. The number of aliphatic hydroxyl groups is 6. The second-order valence-corrected chi connectivity index (χ2v) is 9.66. The quantitative estimate of drug-likeness (QED) is 0.331. The van der Waals surface area contributed by atoms with Crippen LogP contribution in [0.2, 0.25) is 0 Å². The van der Waals surface area contributed by atoms with Crippen molar-refractivity contribution in [3.05, 3.63) is 0 Å². The van der Waals surface area contributed by atoms with Crippen molar-refractivity contribution in [3.8, 4) is 0 Å². The van der Waals surface area contributed by atoms with Gasteiger partial charge in [-0.15, -0.1) is 0 Å². The van der Waals surface area contributed by atoms with Gasteiger partial charge in [0.1, 0.15) is 18.3 Å². The van der Waals surface area contributed by atoms with Crippen molar-refractivity contribution in [1.29, 1.82) is 0 Å². The molecule has 0 radical (unpaired) electrons. The SMILES string of the molecule is CC1OC(OC2CC3C(O)CC(O)CC3OC2C2CCC(O)CC2)C(O)C(O)C1O. The van der Waals surface area contributed by atoms with E-state index in [-0.39, 0.29) is 30.1 Å². The average Bonchev–Trinajstić information content (AvgIpc) is 2.71. The second kappa shape index (κ2) is 9.25. The molecule has 2 saturated heterocycles. The van der Waals surface area contributed by atoms with Gasteiger partial charge in [0.2, 0.25) is 0 Å². The summed E-state index contributed by atoms with van der Waals surface area (Å²) in [5.74, 6) is -0.0539. The molecule has 4 rings (SSSR count). The van der Waals surface area contributed by atoms with E-state index in [1.165, 1.54) is 0 Å². The van der Waals surface area contributed by atoms with E-state index in [1.54, 1.807) is 6.92 Å². The molecule has 0 aromatic rings. The highest BCUT2D eigenvalue weighted by atomic mass is 16.7. The molecule has 2 saturated carbocycles. The molecule has 4 fully saturated rings. The fraction of sp³-hybridized carbons (Fsp3) is 1.00. The van der Waals surface area contributed by atoms with Gasteiger partial charge < -0.3 is 44.8 Å². The van der Waals surface area contributed by atoms with Crippen molar-refractivity contribution in [3.63, 3.8) is 0 Å². The summed E-state index contributed by atoms with van der Waals surface area (Å²) in [5.41, 5.74) is 0. The number of hydrogen-bond donors (Lipinski definition) is 6. The molecule has 0 bridgehead atoms. The smallest absolute Gasteiger partial charge is 0.186 e. The molecule has 2 heterocycles. The number of aliphatic hydroxyl groups excluding tert-OH is 6. The number of hydrogen-bond acceptors (Lipinski definition) is 9. The zero-order chi connectivity index (χ0) is 21.6.